The van der Waals surface area contributed by atoms with Gasteiger partial charge >= 0.3 is 5.97 Å². The largest absolute Gasteiger partial charge is 0.488 e. The van der Waals surface area contributed by atoms with Crippen LogP contribution in [0.15, 0.2) is 88.0 Å². The van der Waals surface area contributed by atoms with Gasteiger partial charge in [-0.3, -0.25) is 0 Å². The van der Waals surface area contributed by atoms with Gasteiger partial charge < -0.3 is 9.47 Å². The molecule has 1 aliphatic rings. The Morgan fingerprint density at radius 1 is 1.03 bits per heavy atom. The predicted molar refractivity (Wildman–Crippen MR) is 117 cm³/mol. The van der Waals surface area contributed by atoms with Crippen LogP contribution in [0.4, 0.5) is 0 Å². The lowest BCUT2D eigenvalue weighted by Gasteiger charge is -2.09. The van der Waals surface area contributed by atoms with Gasteiger partial charge in [-0.2, -0.15) is 0 Å². The van der Waals surface area contributed by atoms with Gasteiger partial charge in [0.2, 0.25) is 5.90 Å². The van der Waals surface area contributed by atoms with E-state index in [-0.39, 0.29) is 11.6 Å². The van der Waals surface area contributed by atoms with E-state index in [1.807, 2.05) is 72.8 Å². The molecule has 3 aromatic carbocycles. The normalized spacial score (nSPS) is 14.6. The Morgan fingerprint density at radius 2 is 1.83 bits per heavy atom. The van der Waals surface area contributed by atoms with Crippen molar-refractivity contribution in [2.75, 3.05) is 0 Å². The van der Waals surface area contributed by atoms with Gasteiger partial charge in [0.25, 0.3) is 0 Å². The summed E-state index contributed by atoms with van der Waals surface area (Å²) in [5.41, 5.74) is 2.62. The van der Waals surface area contributed by atoms with E-state index < -0.39 is 5.97 Å². The lowest BCUT2D eigenvalue weighted by Crippen LogP contribution is -2.06. The van der Waals surface area contributed by atoms with E-state index in [0.717, 1.165) is 21.2 Å². The summed E-state index contributed by atoms with van der Waals surface area (Å²) in [6.07, 6.45) is 1.67. The van der Waals surface area contributed by atoms with Crippen molar-refractivity contribution in [3.05, 3.63) is 105 Å². The maximum atomic E-state index is 12.3. The van der Waals surface area contributed by atoms with E-state index in [2.05, 4.69) is 20.9 Å². The quantitative estimate of drug-likeness (QED) is 0.339. The molecule has 0 fully saturated rings. The van der Waals surface area contributed by atoms with Crippen molar-refractivity contribution in [1.29, 1.82) is 0 Å². The summed E-state index contributed by atoms with van der Waals surface area (Å²) in [7, 11) is 0. The van der Waals surface area contributed by atoms with Gasteiger partial charge in [0.1, 0.15) is 12.4 Å². The zero-order valence-corrected chi connectivity index (χ0v) is 17.5. The molecule has 3 aromatic rings. The van der Waals surface area contributed by atoms with Gasteiger partial charge in [-0.1, -0.05) is 54.1 Å². The number of cyclic esters (lactones) is 1. The first kappa shape index (κ1) is 19.4. The van der Waals surface area contributed by atoms with Crippen LogP contribution in [0.2, 0.25) is 5.02 Å². The average Bonchev–Trinajstić information content (AvgIpc) is 3.08. The van der Waals surface area contributed by atoms with Gasteiger partial charge in [0.05, 0.1) is 5.56 Å². The lowest BCUT2D eigenvalue weighted by molar-refractivity contribution is -0.129. The summed E-state index contributed by atoms with van der Waals surface area (Å²) in [5.74, 6) is 0.406. The highest BCUT2D eigenvalue weighted by molar-refractivity contribution is 9.10. The molecule has 4 nitrogen and oxygen atoms in total. The number of hydrogen-bond donors (Lipinski definition) is 0. The van der Waals surface area contributed by atoms with E-state index in [1.54, 1.807) is 6.08 Å². The number of aliphatic imine (C=N–C) groups is 1. The topological polar surface area (TPSA) is 47.9 Å². The second-order valence-corrected chi connectivity index (χ2v) is 7.56. The van der Waals surface area contributed by atoms with Crippen LogP contribution in [0, 0.1) is 0 Å². The summed E-state index contributed by atoms with van der Waals surface area (Å²) in [5, 5.41) is 0.657. The molecule has 0 N–H and O–H groups in total. The van der Waals surface area contributed by atoms with Crippen LogP contribution in [0.3, 0.4) is 0 Å². The Morgan fingerprint density at radius 3 is 2.66 bits per heavy atom. The van der Waals surface area contributed by atoms with Crippen molar-refractivity contribution < 1.29 is 14.3 Å². The molecule has 6 heteroatoms. The highest BCUT2D eigenvalue weighted by Gasteiger charge is 2.25. The molecular weight excluding hydrogens is 454 g/mol. The number of benzene rings is 3. The van der Waals surface area contributed by atoms with Gasteiger partial charge in [0, 0.05) is 15.1 Å². The molecule has 0 bridgehead atoms. The minimum absolute atomic E-state index is 0.217. The van der Waals surface area contributed by atoms with Gasteiger partial charge in [-0.25, -0.2) is 9.79 Å². The molecule has 0 aromatic heterocycles. The summed E-state index contributed by atoms with van der Waals surface area (Å²) < 4.78 is 12.1. The molecule has 4 rings (SSSR count). The number of hydrogen-bond acceptors (Lipinski definition) is 4. The molecular formula is C23H15BrClNO3. The number of ether oxygens (including phenoxy) is 2. The molecule has 29 heavy (non-hydrogen) atoms. The van der Waals surface area contributed by atoms with Crippen LogP contribution >= 0.6 is 27.5 Å². The molecule has 0 spiro atoms. The Labute approximate surface area is 181 Å². The van der Waals surface area contributed by atoms with E-state index >= 15 is 0 Å². The van der Waals surface area contributed by atoms with Crippen molar-refractivity contribution in [3.8, 4) is 5.75 Å². The van der Waals surface area contributed by atoms with Crippen LogP contribution in [0.5, 0.6) is 5.75 Å². The van der Waals surface area contributed by atoms with Gasteiger partial charge in [-0.05, 0) is 57.9 Å². The standard InChI is InChI=1S/C23H15BrClNO3/c24-19-10-3-2-9-18(19)22-26-20(23(27)29-22)13-16-7-1-4-11-21(16)28-14-15-6-5-8-17(25)12-15/h1-13H,14H2/b20-13-. The van der Waals surface area contributed by atoms with Crippen molar-refractivity contribution in [3.63, 3.8) is 0 Å². The van der Waals surface area contributed by atoms with E-state index in [0.29, 0.717) is 17.4 Å². The number of carbonyl (C=O) groups excluding carboxylic acids is 1. The van der Waals surface area contributed by atoms with Gasteiger partial charge in [0.15, 0.2) is 5.70 Å². The first-order valence-electron chi connectivity index (χ1n) is 8.84. The summed E-state index contributed by atoms with van der Waals surface area (Å²) in [6.45, 7) is 0.358. The van der Waals surface area contributed by atoms with Crippen LogP contribution in [0.25, 0.3) is 6.08 Å². The minimum Gasteiger partial charge on any atom is -0.488 e. The zero-order chi connectivity index (χ0) is 20.2. The van der Waals surface area contributed by atoms with Crippen LogP contribution < -0.4 is 4.74 Å². The predicted octanol–water partition coefficient (Wildman–Crippen LogP) is 6.03. The molecule has 144 valence electrons. The third kappa shape index (κ3) is 4.58. The third-order valence-corrected chi connectivity index (χ3v) is 5.15. The van der Waals surface area contributed by atoms with Crippen molar-refractivity contribution >= 4 is 45.5 Å². The fraction of sp³-hybridized carbons (Fsp3) is 0.0435. The van der Waals surface area contributed by atoms with E-state index in [9.17, 15) is 4.79 Å². The molecule has 0 saturated heterocycles. The molecule has 0 saturated carbocycles. The summed E-state index contributed by atoms with van der Waals surface area (Å²) in [6, 6.07) is 22.4. The zero-order valence-electron chi connectivity index (χ0n) is 15.1. The van der Waals surface area contributed by atoms with Crippen molar-refractivity contribution in [1.82, 2.24) is 0 Å². The summed E-state index contributed by atoms with van der Waals surface area (Å²) >= 11 is 9.48. The minimum atomic E-state index is -0.500. The average molecular weight is 469 g/mol. The van der Waals surface area contributed by atoms with Crippen molar-refractivity contribution in [2.45, 2.75) is 6.61 Å². The second kappa shape index (κ2) is 8.64. The molecule has 0 unspecified atom stereocenters. The number of esters is 1. The SMILES string of the molecule is O=C1OC(c2ccccc2Br)=N/C1=C\c1ccccc1OCc1cccc(Cl)c1. The molecule has 0 aliphatic carbocycles. The summed E-state index contributed by atoms with van der Waals surface area (Å²) in [4.78, 5) is 16.7. The van der Waals surface area contributed by atoms with Crippen LogP contribution in [0.1, 0.15) is 16.7 Å². The number of rotatable bonds is 5. The molecule has 1 aliphatic heterocycles. The third-order valence-electron chi connectivity index (χ3n) is 4.22. The number of halogens is 2. The lowest BCUT2D eigenvalue weighted by atomic mass is 10.1. The molecule has 0 atom stereocenters. The Balaban J connectivity index is 1.60. The number of carbonyl (C=O) groups is 1. The first-order chi connectivity index (χ1) is 14.1. The Kier molecular flexibility index (Phi) is 5.79. The molecule has 0 radical (unpaired) electrons. The van der Waals surface area contributed by atoms with E-state index in [4.69, 9.17) is 21.1 Å². The van der Waals surface area contributed by atoms with Gasteiger partial charge in [-0.15, -0.1) is 0 Å². The fourth-order valence-corrected chi connectivity index (χ4v) is 3.49. The number of nitrogens with zero attached hydrogens (tertiary/aromatic N) is 1. The highest BCUT2D eigenvalue weighted by Crippen LogP contribution is 2.27. The smallest absolute Gasteiger partial charge is 0.363 e. The maximum absolute atomic E-state index is 12.3. The molecule has 1 heterocycles. The monoisotopic (exact) mass is 467 g/mol. The highest BCUT2D eigenvalue weighted by atomic mass is 79.9. The van der Waals surface area contributed by atoms with Crippen LogP contribution in [-0.2, 0) is 16.1 Å². The van der Waals surface area contributed by atoms with E-state index in [1.165, 1.54) is 0 Å². The van der Waals surface area contributed by atoms with Crippen molar-refractivity contribution in [2.24, 2.45) is 4.99 Å². The molecule has 0 amide bonds. The number of para-hydroxylation sites is 1. The maximum Gasteiger partial charge on any atom is 0.363 e. The van der Waals surface area contributed by atoms with Crippen LogP contribution in [-0.4, -0.2) is 11.9 Å². The fourth-order valence-electron chi connectivity index (χ4n) is 2.83. The second-order valence-electron chi connectivity index (χ2n) is 6.27. The Hall–Kier alpha value is -2.89. The Bertz CT molecular complexity index is 1140. The first-order valence-corrected chi connectivity index (χ1v) is 10.0.